The van der Waals surface area contributed by atoms with Crippen LogP contribution in [-0.2, 0) is 14.3 Å². The Hall–Kier alpha value is -1.10. The fourth-order valence-corrected chi connectivity index (χ4v) is 2.05. The van der Waals surface area contributed by atoms with Crippen molar-refractivity contribution in [2.45, 2.75) is 38.3 Å². The van der Waals surface area contributed by atoms with Crippen LogP contribution in [0.15, 0.2) is 0 Å². The number of carboxylic acid groups (broad SMARTS) is 1. The smallest absolute Gasteiger partial charge is 0.322 e. The molecule has 0 amide bonds. The van der Waals surface area contributed by atoms with Crippen LogP contribution >= 0.6 is 0 Å². The number of ether oxygens (including phenoxy) is 1. The first-order valence-corrected chi connectivity index (χ1v) is 5.16. The van der Waals surface area contributed by atoms with Gasteiger partial charge in [-0.05, 0) is 19.3 Å². The summed E-state index contributed by atoms with van der Waals surface area (Å²) in [6.07, 6.45) is 1.94. The molecule has 5 heteroatoms. The summed E-state index contributed by atoms with van der Waals surface area (Å²) in [6.45, 7) is 1.84. The second-order valence-corrected chi connectivity index (χ2v) is 3.78. The molecular formula is C10H17NO4. The molecule has 0 aliphatic carbocycles. The van der Waals surface area contributed by atoms with E-state index in [0.29, 0.717) is 19.3 Å². The van der Waals surface area contributed by atoms with Crippen LogP contribution in [0.1, 0.15) is 26.2 Å². The van der Waals surface area contributed by atoms with Crippen molar-refractivity contribution in [3.8, 4) is 0 Å². The molecule has 1 saturated heterocycles. The summed E-state index contributed by atoms with van der Waals surface area (Å²) in [6, 6.07) is -0.454. The van der Waals surface area contributed by atoms with Crippen LogP contribution in [-0.4, -0.2) is 36.2 Å². The first-order valence-electron chi connectivity index (χ1n) is 5.16. The monoisotopic (exact) mass is 215 g/mol. The largest absolute Gasteiger partial charge is 0.481 e. The number of nitrogens with one attached hydrogen (secondary N) is 1. The van der Waals surface area contributed by atoms with Crippen LogP contribution in [0.5, 0.6) is 0 Å². The molecule has 0 aromatic heterocycles. The van der Waals surface area contributed by atoms with Gasteiger partial charge in [0.05, 0.1) is 13.0 Å². The van der Waals surface area contributed by atoms with E-state index in [-0.39, 0.29) is 18.1 Å². The molecule has 2 N–H and O–H groups in total. The Labute approximate surface area is 88.8 Å². The van der Waals surface area contributed by atoms with Gasteiger partial charge in [-0.2, -0.15) is 0 Å². The molecule has 1 aliphatic rings. The molecule has 1 fully saturated rings. The Morgan fingerprint density at radius 2 is 2.20 bits per heavy atom. The molecule has 86 valence electrons. The van der Waals surface area contributed by atoms with E-state index in [1.54, 1.807) is 0 Å². The summed E-state index contributed by atoms with van der Waals surface area (Å²) in [5, 5.41) is 12.0. The number of carboxylic acids is 1. The molecule has 0 saturated carbocycles. The van der Waals surface area contributed by atoms with Crippen molar-refractivity contribution < 1.29 is 19.4 Å². The highest BCUT2D eigenvalue weighted by molar-refractivity contribution is 5.76. The second-order valence-electron chi connectivity index (χ2n) is 3.78. The average Bonchev–Trinajstić information content (AvgIpc) is 2.66. The van der Waals surface area contributed by atoms with Gasteiger partial charge >= 0.3 is 11.9 Å². The highest BCUT2D eigenvalue weighted by Gasteiger charge is 2.36. The number of hydrogen-bond donors (Lipinski definition) is 2. The van der Waals surface area contributed by atoms with Gasteiger partial charge in [-0.15, -0.1) is 0 Å². The number of hydrogen-bond acceptors (Lipinski definition) is 4. The average molecular weight is 215 g/mol. The van der Waals surface area contributed by atoms with Gasteiger partial charge in [0.15, 0.2) is 0 Å². The van der Waals surface area contributed by atoms with Gasteiger partial charge in [0, 0.05) is 6.04 Å². The maximum atomic E-state index is 11.2. The standard InChI is InChI=1S/C10H17NO4/c1-3-6(9(12)13)7-4-5-8(11-7)10(14)15-2/h6-8,11H,3-5H2,1-2H3,(H,12,13)/t6?,7-,8+/m1/s1. The zero-order chi connectivity index (χ0) is 11.4. The van der Waals surface area contributed by atoms with Crippen LogP contribution in [0.2, 0.25) is 0 Å². The van der Waals surface area contributed by atoms with Crippen molar-refractivity contribution in [3.05, 3.63) is 0 Å². The fraction of sp³-hybridized carbons (Fsp3) is 0.800. The molecular weight excluding hydrogens is 198 g/mol. The highest BCUT2D eigenvalue weighted by Crippen LogP contribution is 2.22. The Bertz CT molecular complexity index is 254. The SMILES string of the molecule is CCC(C(=O)O)[C@H]1CC[C@@H](C(=O)OC)N1. The quantitative estimate of drug-likeness (QED) is 0.663. The lowest BCUT2D eigenvalue weighted by molar-refractivity contribution is -0.145. The van der Waals surface area contributed by atoms with Crippen LogP contribution in [0.3, 0.4) is 0 Å². The number of carbonyl (C=O) groups excluding carboxylic acids is 1. The molecule has 0 spiro atoms. The minimum Gasteiger partial charge on any atom is -0.481 e. The summed E-state index contributed by atoms with van der Waals surface area (Å²) < 4.78 is 4.61. The van der Waals surface area contributed by atoms with Gasteiger partial charge in [-0.1, -0.05) is 6.92 Å². The zero-order valence-electron chi connectivity index (χ0n) is 9.03. The van der Waals surface area contributed by atoms with Crippen LogP contribution in [0, 0.1) is 5.92 Å². The summed E-state index contributed by atoms with van der Waals surface area (Å²) in [5.74, 6) is -1.53. The van der Waals surface area contributed by atoms with Crippen molar-refractivity contribution in [1.29, 1.82) is 0 Å². The van der Waals surface area contributed by atoms with Gasteiger partial charge in [0.1, 0.15) is 6.04 Å². The lowest BCUT2D eigenvalue weighted by Crippen LogP contribution is -2.41. The van der Waals surface area contributed by atoms with Gasteiger partial charge in [0.2, 0.25) is 0 Å². The predicted molar refractivity (Wildman–Crippen MR) is 53.4 cm³/mol. The number of carbonyl (C=O) groups is 2. The molecule has 0 bridgehead atoms. The summed E-state index contributed by atoms with van der Waals surface area (Å²) in [7, 11) is 1.34. The fourth-order valence-electron chi connectivity index (χ4n) is 2.05. The third kappa shape index (κ3) is 2.68. The Kier molecular flexibility index (Phi) is 4.08. The molecule has 0 radical (unpaired) electrons. The third-order valence-corrected chi connectivity index (χ3v) is 2.91. The van der Waals surface area contributed by atoms with Crippen molar-refractivity contribution in [2.75, 3.05) is 7.11 Å². The van der Waals surface area contributed by atoms with E-state index in [4.69, 9.17) is 5.11 Å². The van der Waals surface area contributed by atoms with Gasteiger partial charge in [0.25, 0.3) is 0 Å². The van der Waals surface area contributed by atoms with Gasteiger partial charge in [-0.3, -0.25) is 9.59 Å². The van der Waals surface area contributed by atoms with E-state index >= 15 is 0 Å². The van der Waals surface area contributed by atoms with Crippen molar-refractivity contribution in [3.63, 3.8) is 0 Å². The molecule has 1 rings (SSSR count). The molecule has 1 heterocycles. The summed E-state index contributed by atoms with van der Waals surface area (Å²) in [4.78, 5) is 22.1. The maximum Gasteiger partial charge on any atom is 0.322 e. The molecule has 15 heavy (non-hydrogen) atoms. The first kappa shape index (κ1) is 12.0. The Morgan fingerprint density at radius 1 is 1.53 bits per heavy atom. The zero-order valence-corrected chi connectivity index (χ0v) is 9.03. The summed E-state index contributed by atoms with van der Waals surface area (Å²) >= 11 is 0. The number of esters is 1. The van der Waals surface area contributed by atoms with Crippen LogP contribution in [0.4, 0.5) is 0 Å². The van der Waals surface area contributed by atoms with Gasteiger partial charge < -0.3 is 15.2 Å². The Morgan fingerprint density at radius 3 is 2.67 bits per heavy atom. The van der Waals surface area contributed by atoms with E-state index in [0.717, 1.165) is 0 Å². The molecule has 0 aromatic carbocycles. The maximum absolute atomic E-state index is 11.2. The number of methoxy groups -OCH3 is 1. The lowest BCUT2D eigenvalue weighted by atomic mass is 9.96. The molecule has 1 aliphatic heterocycles. The van der Waals surface area contributed by atoms with E-state index in [9.17, 15) is 9.59 Å². The van der Waals surface area contributed by atoms with Crippen molar-refractivity contribution >= 4 is 11.9 Å². The number of rotatable bonds is 4. The first-order chi connectivity index (χ1) is 7.10. The third-order valence-electron chi connectivity index (χ3n) is 2.91. The summed E-state index contributed by atoms with van der Waals surface area (Å²) in [5.41, 5.74) is 0. The van der Waals surface area contributed by atoms with Crippen molar-refractivity contribution in [1.82, 2.24) is 5.32 Å². The molecule has 1 unspecified atom stereocenters. The van der Waals surface area contributed by atoms with Crippen LogP contribution < -0.4 is 5.32 Å². The lowest BCUT2D eigenvalue weighted by Gasteiger charge is -2.18. The predicted octanol–water partition coefficient (Wildman–Crippen LogP) is 0.391. The van der Waals surface area contributed by atoms with E-state index in [1.807, 2.05) is 6.92 Å². The van der Waals surface area contributed by atoms with E-state index in [1.165, 1.54) is 7.11 Å². The molecule has 0 aromatic rings. The Balaban J connectivity index is 2.54. The second kappa shape index (κ2) is 5.11. The van der Waals surface area contributed by atoms with Crippen molar-refractivity contribution in [2.24, 2.45) is 5.92 Å². The minimum atomic E-state index is -0.805. The van der Waals surface area contributed by atoms with Gasteiger partial charge in [-0.25, -0.2) is 0 Å². The van der Waals surface area contributed by atoms with Crippen LogP contribution in [0.25, 0.3) is 0 Å². The van der Waals surface area contributed by atoms with E-state index in [2.05, 4.69) is 10.1 Å². The minimum absolute atomic E-state index is 0.114. The normalized spacial score (nSPS) is 27.3. The molecule has 3 atom stereocenters. The highest BCUT2D eigenvalue weighted by atomic mass is 16.5. The number of aliphatic carboxylic acids is 1. The molecule has 5 nitrogen and oxygen atoms in total. The topological polar surface area (TPSA) is 75.6 Å². The van der Waals surface area contributed by atoms with E-state index < -0.39 is 11.9 Å².